The lowest BCUT2D eigenvalue weighted by Crippen LogP contribution is -2.28. The van der Waals surface area contributed by atoms with Crippen molar-refractivity contribution in [2.24, 2.45) is 0 Å². The molecule has 0 radical (unpaired) electrons. The number of nitrogens with one attached hydrogen (secondary N) is 1. The van der Waals surface area contributed by atoms with Crippen molar-refractivity contribution in [3.05, 3.63) is 12.1 Å². The number of pyridine rings is 1. The van der Waals surface area contributed by atoms with Crippen LogP contribution in [0.2, 0.25) is 0 Å². The number of aromatic nitrogens is 1. The lowest BCUT2D eigenvalue weighted by molar-refractivity contribution is 0.163. The number of rotatable bonds is 8. The van der Waals surface area contributed by atoms with Crippen LogP contribution >= 0.6 is 0 Å². The Kier molecular flexibility index (Phi) is 6.24. The fourth-order valence-corrected chi connectivity index (χ4v) is 1.43. The van der Waals surface area contributed by atoms with Gasteiger partial charge in [0, 0.05) is 32.8 Å². The molecule has 1 heterocycles. The van der Waals surface area contributed by atoms with Gasteiger partial charge in [-0.05, 0) is 13.1 Å². The van der Waals surface area contributed by atoms with Gasteiger partial charge in [-0.15, -0.1) is 0 Å². The van der Waals surface area contributed by atoms with Crippen LogP contribution in [0.4, 0.5) is 11.5 Å². The fourth-order valence-electron chi connectivity index (χ4n) is 1.43. The molecule has 0 spiro atoms. The Morgan fingerprint density at radius 2 is 2.11 bits per heavy atom. The molecule has 0 unspecified atom stereocenters. The van der Waals surface area contributed by atoms with Crippen LogP contribution in [0.1, 0.15) is 0 Å². The monoisotopic (exact) mass is 254 g/mol. The largest absolute Gasteiger partial charge is 0.481 e. The number of hydrogen-bond acceptors (Lipinski definition) is 6. The summed E-state index contributed by atoms with van der Waals surface area (Å²) in [6.07, 6.45) is 0. The number of anilines is 2. The smallest absolute Gasteiger partial charge is 0.215 e. The van der Waals surface area contributed by atoms with Gasteiger partial charge < -0.3 is 25.4 Å². The van der Waals surface area contributed by atoms with Crippen molar-refractivity contribution in [1.29, 1.82) is 0 Å². The van der Waals surface area contributed by atoms with Crippen LogP contribution in [0.15, 0.2) is 12.1 Å². The summed E-state index contributed by atoms with van der Waals surface area (Å²) in [5.41, 5.74) is 6.45. The summed E-state index contributed by atoms with van der Waals surface area (Å²) in [5, 5.41) is 3.20. The molecule has 0 aliphatic rings. The van der Waals surface area contributed by atoms with Crippen LogP contribution in [0.3, 0.4) is 0 Å². The first kappa shape index (κ1) is 14.5. The number of ether oxygens (including phenoxy) is 2. The van der Waals surface area contributed by atoms with E-state index in [4.69, 9.17) is 15.2 Å². The van der Waals surface area contributed by atoms with E-state index in [-0.39, 0.29) is 0 Å². The van der Waals surface area contributed by atoms with Crippen LogP contribution < -0.4 is 15.8 Å². The molecule has 1 rings (SSSR count). The SMILES string of the molecule is COCCN(C)CCNc1nc(OC)ccc1N. The molecule has 0 saturated heterocycles. The van der Waals surface area contributed by atoms with E-state index in [1.165, 1.54) is 0 Å². The first-order chi connectivity index (χ1) is 8.67. The van der Waals surface area contributed by atoms with Crippen molar-refractivity contribution in [2.45, 2.75) is 0 Å². The van der Waals surface area contributed by atoms with Crippen molar-refractivity contribution >= 4 is 11.5 Å². The third kappa shape index (κ3) is 4.77. The van der Waals surface area contributed by atoms with Crippen molar-refractivity contribution in [1.82, 2.24) is 9.88 Å². The van der Waals surface area contributed by atoms with Gasteiger partial charge in [0.15, 0.2) is 5.82 Å². The van der Waals surface area contributed by atoms with Crippen molar-refractivity contribution in [3.8, 4) is 5.88 Å². The molecule has 102 valence electrons. The maximum absolute atomic E-state index is 5.83. The van der Waals surface area contributed by atoms with E-state index in [0.717, 1.165) is 26.2 Å². The normalized spacial score (nSPS) is 10.7. The highest BCUT2D eigenvalue weighted by molar-refractivity contribution is 5.61. The second kappa shape index (κ2) is 7.73. The Labute approximate surface area is 108 Å². The first-order valence-corrected chi connectivity index (χ1v) is 5.89. The molecule has 0 aliphatic heterocycles. The molecule has 0 aliphatic carbocycles. The molecular formula is C12H22N4O2. The van der Waals surface area contributed by atoms with Gasteiger partial charge in [0.2, 0.25) is 5.88 Å². The standard InChI is InChI=1S/C12H22N4O2/c1-16(8-9-17-2)7-6-14-12-10(13)4-5-11(15-12)18-3/h4-5H,6-9,13H2,1-3H3,(H,14,15). The van der Waals surface area contributed by atoms with Crippen molar-refractivity contribution in [2.75, 3.05) is 58.6 Å². The molecule has 0 bridgehead atoms. The zero-order chi connectivity index (χ0) is 13.4. The predicted molar refractivity (Wildman–Crippen MR) is 73.1 cm³/mol. The molecule has 1 aromatic rings. The summed E-state index contributed by atoms with van der Waals surface area (Å²) < 4.78 is 10.1. The molecule has 0 aromatic carbocycles. The third-order valence-corrected chi connectivity index (χ3v) is 2.57. The minimum Gasteiger partial charge on any atom is -0.481 e. The van der Waals surface area contributed by atoms with Gasteiger partial charge in [-0.1, -0.05) is 0 Å². The van der Waals surface area contributed by atoms with E-state index in [0.29, 0.717) is 17.4 Å². The molecule has 18 heavy (non-hydrogen) atoms. The number of nitrogen functional groups attached to an aromatic ring is 1. The second-order valence-corrected chi connectivity index (χ2v) is 4.01. The number of nitrogens with zero attached hydrogens (tertiary/aromatic N) is 2. The Balaban J connectivity index is 2.38. The Bertz CT molecular complexity index is 360. The maximum Gasteiger partial charge on any atom is 0.215 e. The third-order valence-electron chi connectivity index (χ3n) is 2.57. The van der Waals surface area contributed by atoms with Gasteiger partial charge in [0.25, 0.3) is 0 Å². The Hall–Kier alpha value is -1.53. The lowest BCUT2D eigenvalue weighted by Gasteiger charge is -2.17. The van der Waals surface area contributed by atoms with E-state index in [2.05, 4.69) is 15.2 Å². The highest BCUT2D eigenvalue weighted by Gasteiger charge is 2.03. The van der Waals surface area contributed by atoms with E-state index in [1.54, 1.807) is 26.4 Å². The van der Waals surface area contributed by atoms with Gasteiger partial charge in [0.1, 0.15) is 0 Å². The summed E-state index contributed by atoms with van der Waals surface area (Å²) in [5.74, 6) is 1.22. The van der Waals surface area contributed by atoms with Crippen molar-refractivity contribution < 1.29 is 9.47 Å². The van der Waals surface area contributed by atoms with Crippen LogP contribution in [0.25, 0.3) is 0 Å². The molecule has 6 nitrogen and oxygen atoms in total. The number of nitrogens with two attached hydrogens (primary N) is 1. The molecule has 3 N–H and O–H groups in total. The average molecular weight is 254 g/mol. The first-order valence-electron chi connectivity index (χ1n) is 5.89. The topological polar surface area (TPSA) is 72.6 Å². The quantitative estimate of drug-likeness (QED) is 0.710. The van der Waals surface area contributed by atoms with Gasteiger partial charge in [-0.3, -0.25) is 0 Å². The number of methoxy groups -OCH3 is 2. The van der Waals surface area contributed by atoms with Crippen LogP contribution in [0, 0.1) is 0 Å². The van der Waals surface area contributed by atoms with E-state index in [9.17, 15) is 0 Å². The van der Waals surface area contributed by atoms with Crippen LogP contribution in [-0.2, 0) is 4.74 Å². The van der Waals surface area contributed by atoms with E-state index >= 15 is 0 Å². The number of hydrogen-bond donors (Lipinski definition) is 2. The zero-order valence-electron chi connectivity index (χ0n) is 11.3. The molecular weight excluding hydrogens is 232 g/mol. The maximum atomic E-state index is 5.83. The van der Waals surface area contributed by atoms with E-state index < -0.39 is 0 Å². The second-order valence-electron chi connectivity index (χ2n) is 4.01. The summed E-state index contributed by atoms with van der Waals surface area (Å²) in [4.78, 5) is 6.42. The Morgan fingerprint density at radius 1 is 1.33 bits per heavy atom. The summed E-state index contributed by atoms with van der Waals surface area (Å²) in [6, 6.07) is 3.52. The van der Waals surface area contributed by atoms with Crippen LogP contribution in [0.5, 0.6) is 5.88 Å². The van der Waals surface area contributed by atoms with Gasteiger partial charge in [-0.25, -0.2) is 0 Å². The molecule has 0 saturated carbocycles. The highest BCUT2D eigenvalue weighted by Crippen LogP contribution is 2.18. The van der Waals surface area contributed by atoms with Gasteiger partial charge in [0.05, 0.1) is 19.4 Å². The fraction of sp³-hybridized carbons (Fsp3) is 0.583. The zero-order valence-corrected chi connectivity index (χ0v) is 11.3. The van der Waals surface area contributed by atoms with Crippen molar-refractivity contribution in [3.63, 3.8) is 0 Å². The molecule has 1 aromatic heterocycles. The highest BCUT2D eigenvalue weighted by atomic mass is 16.5. The molecule has 0 fully saturated rings. The summed E-state index contributed by atoms with van der Waals surface area (Å²) >= 11 is 0. The predicted octanol–water partition coefficient (Wildman–Crippen LogP) is 0.663. The lowest BCUT2D eigenvalue weighted by atomic mass is 10.4. The molecule has 6 heteroatoms. The molecule has 0 atom stereocenters. The Morgan fingerprint density at radius 3 is 2.78 bits per heavy atom. The minimum absolute atomic E-state index is 0.555. The minimum atomic E-state index is 0.555. The summed E-state index contributed by atoms with van der Waals surface area (Å²) in [7, 11) is 5.33. The molecule has 0 amide bonds. The summed E-state index contributed by atoms with van der Waals surface area (Å²) in [6.45, 7) is 3.29. The van der Waals surface area contributed by atoms with Gasteiger partial charge in [-0.2, -0.15) is 4.98 Å². The van der Waals surface area contributed by atoms with E-state index in [1.807, 2.05) is 7.05 Å². The average Bonchev–Trinajstić information content (AvgIpc) is 2.38. The van der Waals surface area contributed by atoms with Gasteiger partial charge >= 0.3 is 0 Å². The van der Waals surface area contributed by atoms with Crippen LogP contribution in [-0.4, -0.2) is 57.4 Å². The number of likely N-dealkylation sites (N-methyl/N-ethyl adjacent to an activating group) is 1.